The van der Waals surface area contributed by atoms with Crippen molar-refractivity contribution in [3.8, 4) is 0 Å². The molecule has 1 aliphatic heterocycles. The molecule has 128 valence electrons. The predicted molar refractivity (Wildman–Crippen MR) is 110 cm³/mol. The highest BCUT2D eigenvalue weighted by Gasteiger charge is 2.11. The van der Waals surface area contributed by atoms with Crippen molar-refractivity contribution in [2.75, 3.05) is 11.9 Å². The van der Waals surface area contributed by atoms with Crippen LogP contribution in [0.4, 0.5) is 5.69 Å². The summed E-state index contributed by atoms with van der Waals surface area (Å²) in [5.74, 6) is 0. The van der Waals surface area contributed by atoms with Crippen LogP contribution in [0.25, 0.3) is 5.57 Å². The summed E-state index contributed by atoms with van der Waals surface area (Å²) < 4.78 is 0. The third kappa shape index (κ3) is 4.53. The number of hydrogen-bond donors (Lipinski definition) is 3. The zero-order chi connectivity index (χ0) is 17.6. The van der Waals surface area contributed by atoms with Gasteiger partial charge in [0.05, 0.1) is 12.1 Å². The molecule has 0 aliphatic carbocycles. The molecule has 3 rings (SSSR count). The molecule has 1 heterocycles. The van der Waals surface area contributed by atoms with Gasteiger partial charge in [0.1, 0.15) is 0 Å². The minimum absolute atomic E-state index is 0.0122. The maximum Gasteiger partial charge on any atom is 0.171 e. The summed E-state index contributed by atoms with van der Waals surface area (Å²) in [4.78, 5) is 4.36. The van der Waals surface area contributed by atoms with Gasteiger partial charge < -0.3 is 16.4 Å². The number of nitrogens with two attached hydrogens (primary N) is 1. The molecule has 0 bridgehead atoms. The van der Waals surface area contributed by atoms with E-state index in [-0.39, 0.29) is 12.1 Å². The van der Waals surface area contributed by atoms with Gasteiger partial charge in [0.25, 0.3) is 0 Å². The van der Waals surface area contributed by atoms with Crippen LogP contribution < -0.4 is 16.4 Å². The van der Waals surface area contributed by atoms with Crippen molar-refractivity contribution in [1.29, 1.82) is 0 Å². The zero-order valence-electron chi connectivity index (χ0n) is 14.1. The first-order valence-electron chi connectivity index (χ1n) is 8.33. The summed E-state index contributed by atoms with van der Waals surface area (Å²) in [5, 5.41) is 7.04. The molecule has 0 aromatic heterocycles. The van der Waals surface area contributed by atoms with Crippen LogP contribution in [0.5, 0.6) is 0 Å². The van der Waals surface area contributed by atoms with Crippen LogP contribution >= 0.6 is 12.2 Å². The molecule has 1 aliphatic rings. The normalized spacial score (nSPS) is 17.0. The van der Waals surface area contributed by atoms with Crippen molar-refractivity contribution >= 4 is 34.8 Å². The van der Waals surface area contributed by atoms with Crippen molar-refractivity contribution in [3.63, 3.8) is 0 Å². The molecular formula is C20H22N4S. The molecule has 2 unspecified atom stereocenters. The smallest absolute Gasteiger partial charge is 0.171 e. The number of aliphatic imine (C=N–C) groups is 1. The molecule has 25 heavy (non-hydrogen) atoms. The topological polar surface area (TPSA) is 62.4 Å². The molecule has 0 saturated carbocycles. The second kappa shape index (κ2) is 8.05. The van der Waals surface area contributed by atoms with E-state index in [4.69, 9.17) is 18.0 Å². The minimum atomic E-state index is -0.0122. The second-order valence-corrected chi connectivity index (χ2v) is 6.42. The van der Waals surface area contributed by atoms with E-state index in [1.165, 1.54) is 0 Å². The van der Waals surface area contributed by atoms with E-state index in [0.717, 1.165) is 22.4 Å². The van der Waals surface area contributed by atoms with Gasteiger partial charge in [0, 0.05) is 18.4 Å². The van der Waals surface area contributed by atoms with Gasteiger partial charge in [-0.2, -0.15) is 0 Å². The van der Waals surface area contributed by atoms with Gasteiger partial charge in [-0.15, -0.1) is 0 Å². The lowest BCUT2D eigenvalue weighted by Crippen LogP contribution is -2.36. The summed E-state index contributed by atoms with van der Waals surface area (Å²) in [5.41, 5.74) is 10.2. The fraction of sp³-hybridized carbons (Fsp3) is 0.200. The third-order valence-corrected chi connectivity index (χ3v) is 4.31. The van der Waals surface area contributed by atoms with E-state index >= 15 is 0 Å². The van der Waals surface area contributed by atoms with Crippen molar-refractivity contribution in [1.82, 2.24) is 5.32 Å². The van der Waals surface area contributed by atoms with Gasteiger partial charge >= 0.3 is 0 Å². The number of allylic oxidation sites excluding steroid dienone is 1. The Labute approximate surface area is 153 Å². The summed E-state index contributed by atoms with van der Waals surface area (Å²) in [6.07, 6.45) is 4.07. The second-order valence-electron chi connectivity index (χ2n) is 6.02. The Morgan fingerprint density at radius 2 is 1.88 bits per heavy atom. The van der Waals surface area contributed by atoms with Crippen LogP contribution in [-0.2, 0) is 0 Å². The summed E-state index contributed by atoms with van der Waals surface area (Å²) in [6.45, 7) is 2.54. The van der Waals surface area contributed by atoms with Crippen molar-refractivity contribution in [3.05, 3.63) is 71.8 Å². The molecule has 0 saturated heterocycles. The van der Waals surface area contributed by atoms with Gasteiger partial charge in [-0.05, 0) is 48.0 Å². The molecule has 2 atom stereocenters. The number of anilines is 1. The molecular weight excluding hydrogens is 328 g/mol. The standard InChI is InChI=1S/C20H22N4S/c1-14-11-17(13-22-14)15-7-9-18(10-8-15)23-20(25)24-19(12-21)16-5-3-2-4-6-16/h2-11,13-14,19H,12,21H2,1H3,(H2,23,24,25). The van der Waals surface area contributed by atoms with E-state index in [2.05, 4.69) is 40.8 Å². The maximum atomic E-state index is 5.88. The number of nitrogens with one attached hydrogen (secondary N) is 2. The first-order chi connectivity index (χ1) is 12.2. The maximum absolute atomic E-state index is 5.88. The number of rotatable bonds is 5. The number of hydrogen-bond acceptors (Lipinski definition) is 3. The monoisotopic (exact) mass is 350 g/mol. The molecule has 0 spiro atoms. The van der Waals surface area contributed by atoms with Gasteiger partial charge in [0.15, 0.2) is 5.11 Å². The zero-order valence-corrected chi connectivity index (χ0v) is 15.0. The average Bonchev–Trinajstić information content (AvgIpc) is 3.07. The third-order valence-electron chi connectivity index (χ3n) is 4.09. The molecule has 4 N–H and O–H groups in total. The van der Waals surface area contributed by atoms with Crippen molar-refractivity contribution in [2.45, 2.75) is 19.0 Å². The average molecular weight is 350 g/mol. The quantitative estimate of drug-likeness (QED) is 0.722. The van der Waals surface area contributed by atoms with E-state index in [0.29, 0.717) is 11.7 Å². The Morgan fingerprint density at radius 3 is 2.48 bits per heavy atom. The Kier molecular flexibility index (Phi) is 5.58. The summed E-state index contributed by atoms with van der Waals surface area (Å²) in [7, 11) is 0. The lowest BCUT2D eigenvalue weighted by molar-refractivity contribution is 0.662. The van der Waals surface area contributed by atoms with Gasteiger partial charge in [-0.3, -0.25) is 4.99 Å². The molecule has 0 fully saturated rings. The Balaban J connectivity index is 1.61. The van der Waals surface area contributed by atoms with E-state index in [9.17, 15) is 0 Å². The van der Waals surface area contributed by atoms with E-state index < -0.39 is 0 Å². The van der Waals surface area contributed by atoms with Crippen LogP contribution in [0.15, 0.2) is 65.7 Å². The molecule has 4 nitrogen and oxygen atoms in total. The van der Waals surface area contributed by atoms with Crippen LogP contribution in [0.1, 0.15) is 24.1 Å². The summed E-state index contributed by atoms with van der Waals surface area (Å²) >= 11 is 5.42. The Hall–Kier alpha value is -2.50. The Morgan fingerprint density at radius 1 is 1.16 bits per heavy atom. The lowest BCUT2D eigenvalue weighted by atomic mass is 10.1. The first-order valence-corrected chi connectivity index (χ1v) is 8.74. The molecule has 0 radical (unpaired) electrons. The van der Waals surface area contributed by atoms with E-state index in [1.807, 2.05) is 48.7 Å². The van der Waals surface area contributed by atoms with Crippen LogP contribution in [-0.4, -0.2) is 23.9 Å². The molecule has 5 heteroatoms. The van der Waals surface area contributed by atoms with Crippen molar-refractivity contribution < 1.29 is 0 Å². The van der Waals surface area contributed by atoms with E-state index in [1.54, 1.807) is 0 Å². The molecule has 0 amide bonds. The lowest BCUT2D eigenvalue weighted by Gasteiger charge is -2.20. The SMILES string of the molecule is CC1C=C(c2ccc(NC(=S)NC(CN)c3ccccc3)cc2)C=N1. The largest absolute Gasteiger partial charge is 0.354 e. The fourth-order valence-corrected chi connectivity index (χ4v) is 3.01. The number of thiocarbonyl (C=S) groups is 1. The minimum Gasteiger partial charge on any atom is -0.354 e. The Bertz CT molecular complexity index is 781. The van der Waals surface area contributed by atoms with Gasteiger partial charge in [0.2, 0.25) is 0 Å². The van der Waals surface area contributed by atoms with Crippen LogP contribution in [0.2, 0.25) is 0 Å². The highest BCUT2D eigenvalue weighted by molar-refractivity contribution is 7.80. The van der Waals surface area contributed by atoms with Crippen LogP contribution in [0, 0.1) is 0 Å². The summed E-state index contributed by atoms with van der Waals surface area (Å²) in [6, 6.07) is 18.5. The van der Waals surface area contributed by atoms with Crippen LogP contribution in [0.3, 0.4) is 0 Å². The van der Waals surface area contributed by atoms with Gasteiger partial charge in [-0.1, -0.05) is 48.5 Å². The fourth-order valence-electron chi connectivity index (χ4n) is 2.75. The van der Waals surface area contributed by atoms with Gasteiger partial charge in [-0.25, -0.2) is 0 Å². The molecule has 2 aromatic rings. The first kappa shape index (κ1) is 17.3. The number of benzene rings is 2. The number of nitrogens with zero attached hydrogens (tertiary/aromatic N) is 1. The highest BCUT2D eigenvalue weighted by Crippen LogP contribution is 2.21. The highest BCUT2D eigenvalue weighted by atomic mass is 32.1. The predicted octanol–water partition coefficient (Wildman–Crippen LogP) is 3.53. The van der Waals surface area contributed by atoms with Crippen molar-refractivity contribution in [2.24, 2.45) is 10.7 Å². The molecule has 2 aromatic carbocycles.